The predicted octanol–water partition coefficient (Wildman–Crippen LogP) is 3.29. The maximum atomic E-state index is 13.2. The van der Waals surface area contributed by atoms with Gasteiger partial charge in [0.05, 0.1) is 0 Å². The van der Waals surface area contributed by atoms with Crippen molar-refractivity contribution in [2.75, 3.05) is 39.3 Å². The van der Waals surface area contributed by atoms with Crippen LogP contribution >= 0.6 is 0 Å². The van der Waals surface area contributed by atoms with E-state index < -0.39 is 0 Å². The molecule has 0 radical (unpaired) electrons. The number of carbonyl (C=O) groups excluding carboxylic acids is 2. The van der Waals surface area contributed by atoms with Crippen LogP contribution in [0.4, 0.5) is 4.39 Å². The van der Waals surface area contributed by atoms with Crippen molar-refractivity contribution >= 4 is 11.8 Å². The quantitative estimate of drug-likeness (QED) is 0.563. The smallest absolute Gasteiger partial charge is 0.225 e. The van der Waals surface area contributed by atoms with E-state index in [1.165, 1.54) is 12.1 Å². The molecular formula is C23H34FN3O2. The van der Waals surface area contributed by atoms with E-state index in [-0.39, 0.29) is 17.6 Å². The number of rotatable bonds is 10. The molecule has 6 heteroatoms. The lowest BCUT2D eigenvalue weighted by Gasteiger charge is -2.36. The molecule has 2 fully saturated rings. The van der Waals surface area contributed by atoms with E-state index in [1.807, 2.05) is 9.80 Å². The highest BCUT2D eigenvalue weighted by Crippen LogP contribution is 2.31. The molecule has 0 aromatic heterocycles. The lowest BCUT2D eigenvalue weighted by atomic mass is 10.1. The van der Waals surface area contributed by atoms with Crippen LogP contribution in [0.15, 0.2) is 24.3 Å². The van der Waals surface area contributed by atoms with Crippen molar-refractivity contribution in [2.45, 2.75) is 52.0 Å². The highest BCUT2D eigenvalue weighted by Gasteiger charge is 2.34. The minimum absolute atomic E-state index is 0.172. The zero-order chi connectivity index (χ0) is 20.6. The Morgan fingerprint density at radius 2 is 1.76 bits per heavy atom. The van der Waals surface area contributed by atoms with Crippen molar-refractivity contribution in [3.63, 3.8) is 0 Å². The summed E-state index contributed by atoms with van der Waals surface area (Å²) in [5, 5.41) is 0. The lowest BCUT2D eigenvalue weighted by molar-refractivity contribution is -0.134. The molecule has 29 heavy (non-hydrogen) atoms. The highest BCUT2D eigenvalue weighted by molar-refractivity contribution is 5.81. The van der Waals surface area contributed by atoms with E-state index in [9.17, 15) is 14.0 Å². The normalized spacial score (nSPS) is 17.4. The SMILES string of the molecule is CCCCCC(=O)N(CCN1CCN(C(=O)C2CC2)CC1)Cc1ccc(F)cc1. The Kier molecular flexibility index (Phi) is 8.04. The Morgan fingerprint density at radius 3 is 2.38 bits per heavy atom. The average Bonchev–Trinajstić information content (AvgIpc) is 3.58. The van der Waals surface area contributed by atoms with Gasteiger partial charge in [-0.25, -0.2) is 4.39 Å². The fourth-order valence-electron chi connectivity index (χ4n) is 3.83. The van der Waals surface area contributed by atoms with Crippen molar-refractivity contribution in [3.8, 4) is 0 Å². The van der Waals surface area contributed by atoms with E-state index in [2.05, 4.69) is 11.8 Å². The van der Waals surface area contributed by atoms with Gasteiger partial charge in [-0.15, -0.1) is 0 Å². The first-order chi connectivity index (χ1) is 14.1. The van der Waals surface area contributed by atoms with E-state index in [0.717, 1.165) is 70.4 Å². The van der Waals surface area contributed by atoms with Gasteiger partial charge in [0.15, 0.2) is 0 Å². The molecule has 1 heterocycles. The van der Waals surface area contributed by atoms with E-state index in [0.29, 0.717) is 25.4 Å². The molecule has 1 aliphatic heterocycles. The lowest BCUT2D eigenvalue weighted by Crippen LogP contribution is -2.51. The average molecular weight is 404 g/mol. The van der Waals surface area contributed by atoms with Gasteiger partial charge >= 0.3 is 0 Å². The fraction of sp³-hybridized carbons (Fsp3) is 0.652. The number of nitrogens with zero attached hydrogens (tertiary/aromatic N) is 3. The third kappa shape index (κ3) is 6.81. The van der Waals surface area contributed by atoms with Crippen LogP contribution in [0.25, 0.3) is 0 Å². The zero-order valence-electron chi connectivity index (χ0n) is 17.6. The van der Waals surface area contributed by atoms with Gasteiger partial charge in [-0.05, 0) is 37.0 Å². The van der Waals surface area contributed by atoms with Crippen LogP contribution in [-0.2, 0) is 16.1 Å². The third-order valence-corrected chi connectivity index (χ3v) is 5.93. The molecule has 160 valence electrons. The molecule has 2 aliphatic rings. The molecule has 2 amide bonds. The molecule has 1 saturated heterocycles. The van der Waals surface area contributed by atoms with Gasteiger partial charge < -0.3 is 9.80 Å². The second-order valence-electron chi connectivity index (χ2n) is 8.34. The van der Waals surface area contributed by atoms with E-state index >= 15 is 0 Å². The molecule has 0 bridgehead atoms. The summed E-state index contributed by atoms with van der Waals surface area (Å²) in [6.45, 7) is 7.44. The summed E-state index contributed by atoms with van der Waals surface area (Å²) in [5.74, 6) is 0.528. The predicted molar refractivity (Wildman–Crippen MR) is 112 cm³/mol. The molecule has 1 aliphatic carbocycles. The standard InChI is InChI=1S/C23H34FN3O2/c1-2-3-4-5-22(28)27(18-19-6-10-21(24)11-7-19)17-14-25-12-15-26(16-13-25)23(29)20-8-9-20/h6-7,10-11,20H,2-5,8-9,12-18H2,1H3. The highest BCUT2D eigenvalue weighted by atomic mass is 19.1. The van der Waals surface area contributed by atoms with Crippen LogP contribution in [0.2, 0.25) is 0 Å². The van der Waals surface area contributed by atoms with Crippen LogP contribution in [0, 0.1) is 11.7 Å². The number of carbonyl (C=O) groups is 2. The van der Waals surface area contributed by atoms with Gasteiger partial charge in [-0.3, -0.25) is 14.5 Å². The monoisotopic (exact) mass is 403 g/mol. The van der Waals surface area contributed by atoms with Crippen molar-refractivity contribution in [1.29, 1.82) is 0 Å². The molecule has 3 rings (SSSR count). The molecular weight excluding hydrogens is 369 g/mol. The number of hydrogen-bond donors (Lipinski definition) is 0. The summed E-state index contributed by atoms with van der Waals surface area (Å²) < 4.78 is 13.2. The second-order valence-corrected chi connectivity index (χ2v) is 8.34. The number of benzene rings is 1. The summed E-state index contributed by atoms with van der Waals surface area (Å²) in [6, 6.07) is 6.41. The Hall–Kier alpha value is -1.95. The maximum Gasteiger partial charge on any atom is 0.225 e. The minimum atomic E-state index is -0.256. The molecule has 0 spiro atoms. The van der Waals surface area contributed by atoms with Gasteiger partial charge in [0, 0.05) is 58.2 Å². The number of hydrogen-bond acceptors (Lipinski definition) is 3. The number of piperazine rings is 1. The van der Waals surface area contributed by atoms with Crippen molar-refractivity contribution in [2.24, 2.45) is 5.92 Å². The Balaban J connectivity index is 1.49. The van der Waals surface area contributed by atoms with Crippen molar-refractivity contribution in [1.82, 2.24) is 14.7 Å². The van der Waals surface area contributed by atoms with Gasteiger partial charge in [0.25, 0.3) is 0 Å². The van der Waals surface area contributed by atoms with E-state index in [1.54, 1.807) is 12.1 Å². The van der Waals surface area contributed by atoms with Crippen LogP contribution in [0.3, 0.4) is 0 Å². The maximum absolute atomic E-state index is 13.2. The van der Waals surface area contributed by atoms with Crippen LogP contribution in [0.5, 0.6) is 0 Å². The summed E-state index contributed by atoms with van der Waals surface area (Å²) in [4.78, 5) is 31.2. The molecule has 0 unspecified atom stereocenters. The Bertz CT molecular complexity index is 667. The number of halogens is 1. The van der Waals surface area contributed by atoms with Gasteiger partial charge in [0.1, 0.15) is 5.82 Å². The molecule has 1 aromatic rings. The van der Waals surface area contributed by atoms with Crippen LogP contribution < -0.4 is 0 Å². The largest absolute Gasteiger partial charge is 0.340 e. The minimum Gasteiger partial charge on any atom is -0.340 e. The first kappa shape index (κ1) is 21.8. The fourth-order valence-corrected chi connectivity index (χ4v) is 3.83. The Morgan fingerprint density at radius 1 is 1.07 bits per heavy atom. The Labute approximate surface area is 173 Å². The molecule has 0 N–H and O–H groups in total. The third-order valence-electron chi connectivity index (χ3n) is 5.93. The number of unbranched alkanes of at least 4 members (excludes halogenated alkanes) is 2. The van der Waals surface area contributed by atoms with Crippen molar-refractivity contribution in [3.05, 3.63) is 35.6 Å². The number of amides is 2. The summed E-state index contributed by atoms with van der Waals surface area (Å²) >= 11 is 0. The van der Waals surface area contributed by atoms with Gasteiger partial charge in [-0.1, -0.05) is 31.9 Å². The molecule has 0 atom stereocenters. The molecule has 1 aromatic carbocycles. The molecule has 5 nitrogen and oxygen atoms in total. The summed E-state index contributed by atoms with van der Waals surface area (Å²) in [7, 11) is 0. The van der Waals surface area contributed by atoms with Gasteiger partial charge in [0.2, 0.25) is 11.8 Å². The first-order valence-corrected chi connectivity index (χ1v) is 11.1. The van der Waals surface area contributed by atoms with Crippen molar-refractivity contribution < 1.29 is 14.0 Å². The zero-order valence-corrected chi connectivity index (χ0v) is 17.6. The van der Waals surface area contributed by atoms with E-state index in [4.69, 9.17) is 0 Å². The second kappa shape index (κ2) is 10.7. The summed E-state index contributed by atoms with van der Waals surface area (Å²) in [5.41, 5.74) is 0.954. The van der Waals surface area contributed by atoms with Crippen LogP contribution in [0.1, 0.15) is 51.0 Å². The molecule has 1 saturated carbocycles. The van der Waals surface area contributed by atoms with Gasteiger partial charge in [-0.2, -0.15) is 0 Å². The topological polar surface area (TPSA) is 43.9 Å². The first-order valence-electron chi connectivity index (χ1n) is 11.1. The summed E-state index contributed by atoms with van der Waals surface area (Å²) in [6.07, 6.45) is 5.74. The van der Waals surface area contributed by atoms with Crippen LogP contribution in [-0.4, -0.2) is 65.8 Å².